The Kier molecular flexibility index (Phi) is 10.9. The number of nitrogens with two attached hydrogens (primary N) is 1. The molecule has 0 aliphatic rings. The van der Waals surface area contributed by atoms with Crippen LogP contribution in [0, 0.1) is 0 Å². The summed E-state index contributed by atoms with van der Waals surface area (Å²) < 4.78 is 0. The van der Waals surface area contributed by atoms with Crippen molar-refractivity contribution in [3.05, 3.63) is 24.3 Å². The quantitative estimate of drug-likeness (QED) is 0.450. The van der Waals surface area contributed by atoms with E-state index in [9.17, 15) is 0 Å². The Balaban J connectivity index is 3.06. The van der Waals surface area contributed by atoms with E-state index >= 15 is 0 Å². The van der Waals surface area contributed by atoms with Gasteiger partial charge in [-0.2, -0.15) is 0 Å². The van der Waals surface area contributed by atoms with Crippen LogP contribution >= 0.6 is 0 Å². The number of hydrogen-bond donors (Lipinski definition) is 1. The van der Waals surface area contributed by atoms with Crippen LogP contribution in [0.3, 0.4) is 0 Å². The van der Waals surface area contributed by atoms with Crippen molar-refractivity contribution in [3.63, 3.8) is 0 Å². The van der Waals surface area contributed by atoms with Crippen LogP contribution in [0.2, 0.25) is 0 Å². The third-order valence-corrected chi connectivity index (χ3v) is 1.99. The maximum Gasteiger partial charge on any atom is 0.0109 e. The Bertz CT molecular complexity index is 136. The minimum Gasteiger partial charge on any atom is -0.327 e. The van der Waals surface area contributed by atoms with E-state index in [0.29, 0.717) is 6.54 Å². The Morgan fingerprint density at radius 2 is 1.62 bits per heavy atom. The fraction of sp³-hybridized carbons (Fsp3) is 0.667. The molecule has 76 valence electrons. The van der Waals surface area contributed by atoms with Gasteiger partial charge < -0.3 is 5.73 Å². The molecular formula is C12H23N. The summed E-state index contributed by atoms with van der Waals surface area (Å²) in [6.07, 6.45) is 16.3. The molecule has 0 rings (SSSR count). The van der Waals surface area contributed by atoms with Gasteiger partial charge in [-0.05, 0) is 12.8 Å². The molecule has 13 heavy (non-hydrogen) atoms. The molecule has 2 N–H and O–H groups in total. The van der Waals surface area contributed by atoms with Crippen molar-refractivity contribution in [2.75, 3.05) is 6.54 Å². The van der Waals surface area contributed by atoms with Crippen molar-refractivity contribution in [2.45, 2.75) is 45.4 Å². The first-order valence-corrected chi connectivity index (χ1v) is 5.43. The Morgan fingerprint density at radius 3 is 2.31 bits per heavy atom. The molecule has 0 aromatic heterocycles. The molecule has 0 aromatic carbocycles. The van der Waals surface area contributed by atoms with Crippen molar-refractivity contribution < 1.29 is 0 Å². The molecule has 1 nitrogen and oxygen atoms in total. The number of unbranched alkanes of at least 4 members (excludes halogenated alkanes) is 5. The van der Waals surface area contributed by atoms with Crippen LogP contribution in [0.1, 0.15) is 45.4 Å². The number of hydrogen-bond acceptors (Lipinski definition) is 1. The van der Waals surface area contributed by atoms with Crippen molar-refractivity contribution >= 4 is 0 Å². The van der Waals surface area contributed by atoms with Crippen LogP contribution in [0.5, 0.6) is 0 Å². The van der Waals surface area contributed by atoms with Crippen LogP contribution in [-0.2, 0) is 0 Å². The molecule has 0 spiro atoms. The van der Waals surface area contributed by atoms with Crippen LogP contribution in [0.25, 0.3) is 0 Å². The first-order valence-electron chi connectivity index (χ1n) is 5.43. The molecule has 0 heterocycles. The van der Waals surface area contributed by atoms with E-state index in [0.717, 1.165) is 0 Å². The molecule has 0 saturated carbocycles. The average molecular weight is 181 g/mol. The van der Waals surface area contributed by atoms with Gasteiger partial charge in [0.05, 0.1) is 0 Å². The predicted molar refractivity (Wildman–Crippen MR) is 60.7 cm³/mol. The van der Waals surface area contributed by atoms with Gasteiger partial charge in [0, 0.05) is 6.54 Å². The largest absolute Gasteiger partial charge is 0.327 e. The number of rotatable bonds is 8. The molecule has 0 bridgehead atoms. The predicted octanol–water partition coefficient (Wildman–Crippen LogP) is 3.42. The third-order valence-electron chi connectivity index (χ3n) is 1.99. The summed E-state index contributed by atoms with van der Waals surface area (Å²) in [5.74, 6) is 0. The lowest BCUT2D eigenvalue weighted by Gasteiger charge is -1.95. The van der Waals surface area contributed by atoms with E-state index in [1.807, 2.05) is 12.2 Å². The Hall–Kier alpha value is -0.560. The lowest BCUT2D eigenvalue weighted by atomic mass is 10.1. The standard InChI is InChI=1S/C12H23N/c1-2-3-4-5-6-7-8-9-10-11-12-13/h8-11H,2-7,12-13H2,1H3/b9-8+,11-10+. The first-order chi connectivity index (χ1) is 6.41. The minimum atomic E-state index is 0.640. The molecule has 0 amide bonds. The summed E-state index contributed by atoms with van der Waals surface area (Å²) in [7, 11) is 0. The zero-order chi connectivity index (χ0) is 9.78. The topological polar surface area (TPSA) is 26.0 Å². The highest BCUT2D eigenvalue weighted by Gasteiger charge is 1.85. The smallest absolute Gasteiger partial charge is 0.0109 e. The van der Waals surface area contributed by atoms with Crippen LogP contribution < -0.4 is 5.73 Å². The van der Waals surface area contributed by atoms with Crippen LogP contribution in [0.4, 0.5) is 0 Å². The zero-order valence-electron chi connectivity index (χ0n) is 8.84. The summed E-state index contributed by atoms with van der Waals surface area (Å²) in [6.45, 7) is 2.89. The van der Waals surface area contributed by atoms with Gasteiger partial charge in [-0.1, -0.05) is 56.9 Å². The second-order valence-corrected chi connectivity index (χ2v) is 3.29. The molecule has 0 aliphatic carbocycles. The third kappa shape index (κ3) is 11.4. The van der Waals surface area contributed by atoms with Gasteiger partial charge in [-0.25, -0.2) is 0 Å². The second-order valence-electron chi connectivity index (χ2n) is 3.29. The summed E-state index contributed by atoms with van der Waals surface area (Å²) in [6, 6.07) is 0. The fourth-order valence-corrected chi connectivity index (χ4v) is 1.20. The van der Waals surface area contributed by atoms with Gasteiger partial charge in [0.25, 0.3) is 0 Å². The van der Waals surface area contributed by atoms with Gasteiger partial charge in [0.2, 0.25) is 0 Å². The monoisotopic (exact) mass is 181 g/mol. The molecule has 0 fully saturated rings. The summed E-state index contributed by atoms with van der Waals surface area (Å²) >= 11 is 0. The van der Waals surface area contributed by atoms with Crippen molar-refractivity contribution in [2.24, 2.45) is 5.73 Å². The Labute approximate surface area is 82.7 Å². The minimum absolute atomic E-state index is 0.640. The SMILES string of the molecule is CCCCCCC/C=C/C=C/CN. The molecule has 1 heteroatoms. The van der Waals surface area contributed by atoms with Gasteiger partial charge in [-0.3, -0.25) is 0 Å². The molecule has 0 aromatic rings. The van der Waals surface area contributed by atoms with Crippen LogP contribution in [0.15, 0.2) is 24.3 Å². The van der Waals surface area contributed by atoms with Gasteiger partial charge in [0.1, 0.15) is 0 Å². The highest BCUT2D eigenvalue weighted by molar-refractivity contribution is 5.02. The summed E-state index contributed by atoms with van der Waals surface area (Å²) in [5, 5.41) is 0. The van der Waals surface area contributed by atoms with E-state index in [1.165, 1.54) is 38.5 Å². The molecule has 0 unspecified atom stereocenters. The van der Waals surface area contributed by atoms with Crippen molar-refractivity contribution in [3.8, 4) is 0 Å². The fourth-order valence-electron chi connectivity index (χ4n) is 1.20. The maximum absolute atomic E-state index is 5.30. The Morgan fingerprint density at radius 1 is 0.923 bits per heavy atom. The van der Waals surface area contributed by atoms with E-state index in [-0.39, 0.29) is 0 Å². The van der Waals surface area contributed by atoms with E-state index in [4.69, 9.17) is 5.73 Å². The van der Waals surface area contributed by atoms with Crippen LogP contribution in [-0.4, -0.2) is 6.54 Å². The highest BCUT2D eigenvalue weighted by atomic mass is 14.5. The molecule has 0 radical (unpaired) electrons. The molecule has 0 saturated heterocycles. The van der Waals surface area contributed by atoms with Gasteiger partial charge >= 0.3 is 0 Å². The average Bonchev–Trinajstić information content (AvgIpc) is 2.16. The zero-order valence-corrected chi connectivity index (χ0v) is 8.84. The lowest BCUT2D eigenvalue weighted by Crippen LogP contribution is -1.91. The number of allylic oxidation sites excluding steroid dienone is 3. The summed E-state index contributed by atoms with van der Waals surface area (Å²) in [4.78, 5) is 0. The molecule has 0 atom stereocenters. The normalized spacial score (nSPS) is 11.8. The van der Waals surface area contributed by atoms with Crippen molar-refractivity contribution in [1.82, 2.24) is 0 Å². The molecule has 0 aliphatic heterocycles. The van der Waals surface area contributed by atoms with Gasteiger partial charge in [-0.15, -0.1) is 0 Å². The highest BCUT2D eigenvalue weighted by Crippen LogP contribution is 2.05. The first kappa shape index (κ1) is 12.4. The van der Waals surface area contributed by atoms with E-state index in [1.54, 1.807) is 0 Å². The summed E-state index contributed by atoms with van der Waals surface area (Å²) in [5.41, 5.74) is 5.30. The lowest BCUT2D eigenvalue weighted by molar-refractivity contribution is 0.637. The second kappa shape index (κ2) is 11.4. The van der Waals surface area contributed by atoms with Gasteiger partial charge in [0.15, 0.2) is 0 Å². The molecular weight excluding hydrogens is 158 g/mol. The van der Waals surface area contributed by atoms with E-state index < -0.39 is 0 Å². The van der Waals surface area contributed by atoms with E-state index in [2.05, 4.69) is 19.1 Å². The van der Waals surface area contributed by atoms with Crippen molar-refractivity contribution in [1.29, 1.82) is 0 Å². The maximum atomic E-state index is 5.30.